The Morgan fingerprint density at radius 1 is 1.23 bits per heavy atom. The molecule has 0 radical (unpaired) electrons. The van der Waals surface area contributed by atoms with Crippen LogP contribution in [-0.4, -0.2) is 41.4 Å². The Labute approximate surface area is 156 Å². The normalized spacial score (nSPS) is 18.7. The maximum absolute atomic E-state index is 12.7. The number of aryl methyl sites for hydroxylation is 1. The van der Waals surface area contributed by atoms with Gasteiger partial charge in [-0.25, -0.2) is 5.01 Å². The quantitative estimate of drug-likeness (QED) is 0.871. The number of carbonyl (C=O) groups excluding carboxylic acids is 3. The minimum absolute atomic E-state index is 0.172. The fourth-order valence-corrected chi connectivity index (χ4v) is 3.35. The van der Waals surface area contributed by atoms with E-state index in [1.807, 2.05) is 13.0 Å². The molecular formula is C18H21ClN4O3. The van der Waals surface area contributed by atoms with Crippen LogP contribution in [0.25, 0.3) is 0 Å². The zero-order valence-corrected chi connectivity index (χ0v) is 15.3. The SMILES string of the molecule is Cc1ccc(N2N=C(C(=O)N3CCC(C(N)=O)CC3)CCC2=O)cc1Cl. The molecule has 2 aliphatic rings. The van der Waals surface area contributed by atoms with Crippen molar-refractivity contribution in [1.82, 2.24) is 4.90 Å². The Hall–Kier alpha value is -2.41. The summed E-state index contributed by atoms with van der Waals surface area (Å²) in [7, 11) is 0. The fraction of sp³-hybridized carbons (Fsp3) is 0.444. The second-order valence-corrected chi connectivity index (χ2v) is 7.06. The molecule has 0 unspecified atom stereocenters. The number of amides is 3. The zero-order chi connectivity index (χ0) is 18.8. The third kappa shape index (κ3) is 3.72. The number of primary amides is 1. The number of nitrogens with zero attached hydrogens (tertiary/aromatic N) is 3. The van der Waals surface area contributed by atoms with Crippen LogP contribution in [0.2, 0.25) is 5.02 Å². The molecule has 0 atom stereocenters. The van der Waals surface area contributed by atoms with Crippen LogP contribution in [0.3, 0.4) is 0 Å². The van der Waals surface area contributed by atoms with E-state index in [1.165, 1.54) is 5.01 Å². The standard InChI is InChI=1S/C18H21ClN4O3/c1-11-2-3-13(10-14(11)19)23-16(24)5-4-15(21-23)18(26)22-8-6-12(7-9-22)17(20)25/h2-3,10,12H,4-9H2,1H3,(H2,20,25). The van der Waals surface area contributed by atoms with Crippen molar-refractivity contribution in [1.29, 1.82) is 0 Å². The van der Waals surface area contributed by atoms with Gasteiger partial charge in [0, 0.05) is 36.9 Å². The molecule has 1 aromatic carbocycles. The number of likely N-dealkylation sites (tertiary alicyclic amines) is 1. The Bertz CT molecular complexity index is 785. The number of carbonyl (C=O) groups is 3. The molecule has 0 saturated carbocycles. The molecule has 8 heteroatoms. The number of benzene rings is 1. The van der Waals surface area contributed by atoms with E-state index in [0.29, 0.717) is 48.8 Å². The largest absolute Gasteiger partial charge is 0.369 e. The molecule has 3 rings (SSSR count). The third-order valence-electron chi connectivity index (χ3n) is 4.86. The monoisotopic (exact) mass is 376 g/mol. The summed E-state index contributed by atoms with van der Waals surface area (Å²) in [6.45, 7) is 2.81. The number of hydrogen-bond acceptors (Lipinski definition) is 4. The summed E-state index contributed by atoms with van der Waals surface area (Å²) in [5.74, 6) is -0.863. The smallest absolute Gasteiger partial charge is 0.270 e. The van der Waals surface area contributed by atoms with Gasteiger partial charge in [0.15, 0.2) is 0 Å². The molecule has 7 nitrogen and oxygen atoms in total. The molecule has 2 N–H and O–H groups in total. The molecule has 2 aliphatic heterocycles. The number of hydrazone groups is 1. The van der Waals surface area contributed by atoms with Gasteiger partial charge in [0.25, 0.3) is 5.91 Å². The second kappa shape index (κ2) is 7.45. The predicted molar refractivity (Wildman–Crippen MR) is 98.8 cm³/mol. The van der Waals surface area contributed by atoms with Crippen molar-refractivity contribution in [3.8, 4) is 0 Å². The number of rotatable bonds is 3. The number of piperidine rings is 1. The lowest BCUT2D eigenvalue weighted by Gasteiger charge is -2.32. The minimum Gasteiger partial charge on any atom is -0.369 e. The van der Waals surface area contributed by atoms with Gasteiger partial charge in [-0.3, -0.25) is 14.4 Å². The highest BCUT2D eigenvalue weighted by Crippen LogP contribution is 2.26. The van der Waals surface area contributed by atoms with Crippen molar-refractivity contribution in [2.24, 2.45) is 16.8 Å². The van der Waals surface area contributed by atoms with Gasteiger partial charge in [-0.1, -0.05) is 17.7 Å². The Morgan fingerprint density at radius 2 is 1.92 bits per heavy atom. The van der Waals surface area contributed by atoms with Crippen molar-refractivity contribution in [2.75, 3.05) is 18.1 Å². The second-order valence-electron chi connectivity index (χ2n) is 6.65. The van der Waals surface area contributed by atoms with Crippen LogP contribution in [0.15, 0.2) is 23.3 Å². The fourth-order valence-electron chi connectivity index (χ4n) is 3.17. The summed E-state index contributed by atoms with van der Waals surface area (Å²) in [6.07, 6.45) is 1.65. The van der Waals surface area contributed by atoms with Crippen LogP contribution in [0.1, 0.15) is 31.2 Å². The van der Waals surface area contributed by atoms with Crippen LogP contribution < -0.4 is 10.7 Å². The lowest BCUT2D eigenvalue weighted by Crippen LogP contribution is -2.46. The van der Waals surface area contributed by atoms with Crippen LogP contribution in [0.4, 0.5) is 5.69 Å². The van der Waals surface area contributed by atoms with Crippen molar-refractivity contribution < 1.29 is 14.4 Å². The number of hydrogen-bond donors (Lipinski definition) is 1. The molecule has 0 bridgehead atoms. The molecular weight excluding hydrogens is 356 g/mol. The molecule has 3 amide bonds. The van der Waals surface area contributed by atoms with E-state index < -0.39 is 0 Å². The zero-order valence-electron chi connectivity index (χ0n) is 14.6. The highest BCUT2D eigenvalue weighted by Gasteiger charge is 2.31. The topological polar surface area (TPSA) is 96.1 Å². The van der Waals surface area contributed by atoms with E-state index in [2.05, 4.69) is 5.10 Å². The van der Waals surface area contributed by atoms with Gasteiger partial charge in [0.2, 0.25) is 11.8 Å². The number of nitrogens with two attached hydrogens (primary N) is 1. The Morgan fingerprint density at radius 3 is 2.54 bits per heavy atom. The van der Waals surface area contributed by atoms with Crippen molar-refractivity contribution in [3.63, 3.8) is 0 Å². The summed E-state index contributed by atoms with van der Waals surface area (Å²) in [5.41, 5.74) is 7.12. The Kier molecular flexibility index (Phi) is 5.27. The summed E-state index contributed by atoms with van der Waals surface area (Å²) in [6, 6.07) is 5.24. The van der Waals surface area contributed by atoms with Gasteiger partial charge in [-0.15, -0.1) is 0 Å². The van der Waals surface area contributed by atoms with E-state index >= 15 is 0 Å². The van der Waals surface area contributed by atoms with E-state index in [0.717, 1.165) is 5.56 Å². The van der Waals surface area contributed by atoms with Gasteiger partial charge < -0.3 is 10.6 Å². The summed E-state index contributed by atoms with van der Waals surface area (Å²) < 4.78 is 0. The van der Waals surface area contributed by atoms with Crippen LogP contribution in [-0.2, 0) is 14.4 Å². The Balaban J connectivity index is 1.77. The highest BCUT2D eigenvalue weighted by molar-refractivity contribution is 6.40. The molecule has 138 valence electrons. The van der Waals surface area contributed by atoms with Crippen molar-refractivity contribution >= 4 is 40.7 Å². The van der Waals surface area contributed by atoms with Gasteiger partial charge in [0.05, 0.1) is 5.69 Å². The maximum Gasteiger partial charge on any atom is 0.270 e. The molecule has 1 fully saturated rings. The van der Waals surface area contributed by atoms with E-state index in [4.69, 9.17) is 17.3 Å². The molecule has 0 aliphatic carbocycles. The average molecular weight is 377 g/mol. The van der Waals surface area contributed by atoms with E-state index in [-0.39, 0.29) is 30.1 Å². The molecule has 1 aromatic rings. The highest BCUT2D eigenvalue weighted by atomic mass is 35.5. The third-order valence-corrected chi connectivity index (χ3v) is 5.27. The first-order valence-electron chi connectivity index (χ1n) is 8.62. The van der Waals surface area contributed by atoms with Crippen LogP contribution in [0, 0.1) is 12.8 Å². The molecule has 0 spiro atoms. The van der Waals surface area contributed by atoms with Crippen LogP contribution >= 0.6 is 11.6 Å². The summed E-state index contributed by atoms with van der Waals surface area (Å²) in [5, 5.41) is 6.08. The molecule has 1 saturated heterocycles. The van der Waals surface area contributed by atoms with Crippen LogP contribution in [0.5, 0.6) is 0 Å². The van der Waals surface area contributed by atoms with Gasteiger partial charge in [0.1, 0.15) is 5.71 Å². The summed E-state index contributed by atoms with van der Waals surface area (Å²) >= 11 is 6.14. The average Bonchev–Trinajstić information content (AvgIpc) is 2.64. The van der Waals surface area contributed by atoms with Gasteiger partial charge >= 0.3 is 0 Å². The molecule has 26 heavy (non-hydrogen) atoms. The van der Waals surface area contributed by atoms with Crippen molar-refractivity contribution in [2.45, 2.75) is 32.6 Å². The van der Waals surface area contributed by atoms with Gasteiger partial charge in [-0.05, 0) is 37.5 Å². The lowest BCUT2D eigenvalue weighted by molar-refractivity contribution is -0.129. The lowest BCUT2D eigenvalue weighted by atomic mass is 9.96. The first-order chi connectivity index (χ1) is 12.4. The first-order valence-corrected chi connectivity index (χ1v) is 9.00. The first kappa shape index (κ1) is 18.4. The minimum atomic E-state index is -0.319. The maximum atomic E-state index is 12.7. The molecule has 2 heterocycles. The predicted octanol–water partition coefficient (Wildman–Crippen LogP) is 1.86. The van der Waals surface area contributed by atoms with E-state index in [9.17, 15) is 14.4 Å². The van der Waals surface area contributed by atoms with Gasteiger partial charge in [-0.2, -0.15) is 5.10 Å². The summed E-state index contributed by atoms with van der Waals surface area (Å²) in [4.78, 5) is 37.9. The molecule has 0 aromatic heterocycles. The van der Waals surface area contributed by atoms with Crippen molar-refractivity contribution in [3.05, 3.63) is 28.8 Å². The number of halogens is 1. The number of anilines is 1. The van der Waals surface area contributed by atoms with E-state index in [1.54, 1.807) is 17.0 Å².